The van der Waals surface area contributed by atoms with Gasteiger partial charge in [-0.2, -0.15) is 0 Å². The number of morpholine rings is 1. The van der Waals surface area contributed by atoms with Crippen LogP contribution in [-0.2, 0) is 4.74 Å². The van der Waals surface area contributed by atoms with Crippen molar-refractivity contribution in [1.82, 2.24) is 4.90 Å². The molecular formula is C31H38N2O3. The molecule has 1 aliphatic heterocycles. The van der Waals surface area contributed by atoms with Crippen molar-refractivity contribution in [3.05, 3.63) is 97.1 Å². The number of carbonyl (C=O) groups is 1. The first-order valence-corrected chi connectivity index (χ1v) is 12.7. The molecule has 0 spiro atoms. The molecule has 5 heteroatoms. The Morgan fingerprint density at radius 2 is 1.89 bits per heavy atom. The number of ether oxygens (including phenoxy) is 2. The number of nitrogens with zero attached hydrogens (tertiary/aromatic N) is 1. The Hall–Kier alpha value is -3.41. The van der Waals surface area contributed by atoms with Gasteiger partial charge in [0.15, 0.2) is 0 Å². The zero-order valence-electron chi connectivity index (χ0n) is 21.2. The van der Waals surface area contributed by atoms with E-state index in [1.165, 1.54) is 0 Å². The van der Waals surface area contributed by atoms with Crippen LogP contribution in [0.25, 0.3) is 16.3 Å². The molecule has 0 atom stereocenters. The third kappa shape index (κ3) is 8.08. The fraction of sp³-hybridized carbons (Fsp3) is 0.323. The molecule has 1 amide bonds. The standard InChI is InChI=1S/C31H38N2O3/c1-3-5-6-7-8-9-13-25(12-4-2)30-28-17-15-27(24-26(28)14-16-29(30)31(32)34)36-21-11-10-18-33-19-22-35-23-20-33/h3-4,6-9,13-17,24H,1-2,5,10-12,18-23H2,(H2,32,34)/b7-6+,9-8+,25-13-. The zero-order valence-corrected chi connectivity index (χ0v) is 21.2. The fourth-order valence-electron chi connectivity index (χ4n) is 4.30. The minimum atomic E-state index is -0.447. The van der Waals surface area contributed by atoms with E-state index >= 15 is 0 Å². The molecule has 2 aromatic carbocycles. The lowest BCUT2D eigenvalue weighted by molar-refractivity contribution is 0.0368. The number of carbonyl (C=O) groups excluding carboxylic acids is 1. The molecule has 0 bridgehead atoms. The van der Waals surface area contributed by atoms with Crippen LogP contribution in [0.5, 0.6) is 5.75 Å². The van der Waals surface area contributed by atoms with Gasteiger partial charge in [0.05, 0.1) is 19.8 Å². The lowest BCUT2D eigenvalue weighted by Gasteiger charge is -2.26. The molecule has 0 aromatic heterocycles. The van der Waals surface area contributed by atoms with Crippen molar-refractivity contribution < 1.29 is 14.3 Å². The first kappa shape index (κ1) is 27.2. The number of benzene rings is 2. The third-order valence-corrected chi connectivity index (χ3v) is 6.14. The highest BCUT2D eigenvalue weighted by Gasteiger charge is 2.16. The highest BCUT2D eigenvalue weighted by atomic mass is 16.5. The van der Waals surface area contributed by atoms with Gasteiger partial charge in [-0.25, -0.2) is 0 Å². The van der Waals surface area contributed by atoms with Crippen LogP contribution in [0.2, 0.25) is 0 Å². The first-order valence-electron chi connectivity index (χ1n) is 12.7. The molecule has 0 unspecified atom stereocenters. The summed E-state index contributed by atoms with van der Waals surface area (Å²) >= 11 is 0. The van der Waals surface area contributed by atoms with Gasteiger partial charge in [0, 0.05) is 18.7 Å². The lowest BCUT2D eigenvalue weighted by atomic mass is 9.90. The monoisotopic (exact) mass is 486 g/mol. The summed E-state index contributed by atoms with van der Waals surface area (Å²) in [6.07, 6.45) is 17.2. The summed E-state index contributed by atoms with van der Waals surface area (Å²) in [5.74, 6) is 0.380. The van der Waals surface area contributed by atoms with Gasteiger partial charge in [0.25, 0.3) is 0 Å². The van der Waals surface area contributed by atoms with Crippen LogP contribution in [0, 0.1) is 0 Å². The van der Waals surface area contributed by atoms with E-state index in [0.29, 0.717) is 18.6 Å². The Balaban J connectivity index is 1.76. The summed E-state index contributed by atoms with van der Waals surface area (Å²) in [6, 6.07) is 9.76. The van der Waals surface area contributed by atoms with Crippen LogP contribution in [0.4, 0.5) is 0 Å². The Bertz CT molecular complexity index is 1120. The normalized spacial score (nSPS) is 15.1. The van der Waals surface area contributed by atoms with Crippen molar-refractivity contribution in [3.8, 4) is 5.75 Å². The van der Waals surface area contributed by atoms with Crippen LogP contribution in [-0.4, -0.2) is 50.3 Å². The van der Waals surface area contributed by atoms with Gasteiger partial charge in [-0.1, -0.05) is 54.7 Å². The SMILES string of the molecule is C=CC/C=C/C=C/C=C(/CC=C)c1c(C(N)=O)ccc2cc(OCCCCN3CCOCC3)ccc12. The van der Waals surface area contributed by atoms with Gasteiger partial charge < -0.3 is 15.2 Å². The number of rotatable bonds is 14. The van der Waals surface area contributed by atoms with Crippen LogP contribution in [0.3, 0.4) is 0 Å². The largest absolute Gasteiger partial charge is 0.494 e. The van der Waals surface area contributed by atoms with E-state index in [1.807, 2.05) is 66.8 Å². The quantitative estimate of drug-likeness (QED) is 0.200. The molecule has 5 nitrogen and oxygen atoms in total. The molecule has 1 aliphatic rings. The maximum absolute atomic E-state index is 12.3. The Kier molecular flexibility index (Phi) is 11.2. The van der Waals surface area contributed by atoms with E-state index in [0.717, 1.165) is 79.8 Å². The van der Waals surface area contributed by atoms with Crippen LogP contribution in [0.15, 0.2) is 86.0 Å². The van der Waals surface area contributed by atoms with Crippen molar-refractivity contribution in [2.75, 3.05) is 39.5 Å². The topological polar surface area (TPSA) is 64.8 Å². The molecular weight excluding hydrogens is 448 g/mol. The predicted molar refractivity (Wildman–Crippen MR) is 150 cm³/mol. The molecule has 1 heterocycles. The van der Waals surface area contributed by atoms with Gasteiger partial charge in [-0.3, -0.25) is 9.69 Å². The van der Waals surface area contributed by atoms with E-state index in [9.17, 15) is 4.79 Å². The maximum atomic E-state index is 12.3. The van der Waals surface area contributed by atoms with Crippen LogP contribution in [0.1, 0.15) is 41.6 Å². The van der Waals surface area contributed by atoms with E-state index < -0.39 is 5.91 Å². The number of fused-ring (bicyclic) bond motifs is 1. The number of primary amides is 1. The Labute approximate surface area is 215 Å². The van der Waals surface area contributed by atoms with Gasteiger partial charge in [-0.15, -0.1) is 13.2 Å². The Morgan fingerprint density at radius 1 is 1.06 bits per heavy atom. The summed E-state index contributed by atoms with van der Waals surface area (Å²) in [5.41, 5.74) is 8.09. The summed E-state index contributed by atoms with van der Waals surface area (Å²) in [6.45, 7) is 13.1. The van der Waals surface area contributed by atoms with Gasteiger partial charge in [-0.05, 0) is 72.3 Å². The first-order chi connectivity index (χ1) is 17.6. The molecule has 36 heavy (non-hydrogen) atoms. The molecule has 0 saturated carbocycles. The summed E-state index contributed by atoms with van der Waals surface area (Å²) in [5, 5.41) is 1.97. The van der Waals surface area contributed by atoms with E-state index in [4.69, 9.17) is 15.2 Å². The number of amides is 1. The van der Waals surface area contributed by atoms with E-state index in [2.05, 4.69) is 18.1 Å². The zero-order chi connectivity index (χ0) is 25.6. The second-order valence-electron chi connectivity index (χ2n) is 8.77. The number of hydrogen-bond acceptors (Lipinski definition) is 4. The average Bonchev–Trinajstić information content (AvgIpc) is 2.89. The summed E-state index contributed by atoms with van der Waals surface area (Å²) < 4.78 is 11.5. The summed E-state index contributed by atoms with van der Waals surface area (Å²) in [4.78, 5) is 14.7. The predicted octanol–water partition coefficient (Wildman–Crippen LogP) is 6.08. The van der Waals surface area contributed by atoms with Crippen molar-refractivity contribution >= 4 is 22.3 Å². The molecule has 190 valence electrons. The lowest BCUT2D eigenvalue weighted by Crippen LogP contribution is -2.36. The molecule has 0 aliphatic carbocycles. The number of unbranched alkanes of at least 4 members (excludes halogenated alkanes) is 1. The average molecular weight is 487 g/mol. The molecule has 1 saturated heterocycles. The fourth-order valence-corrected chi connectivity index (χ4v) is 4.30. The van der Waals surface area contributed by atoms with Crippen LogP contribution >= 0.6 is 0 Å². The minimum Gasteiger partial charge on any atom is -0.494 e. The highest BCUT2D eigenvalue weighted by Crippen LogP contribution is 2.33. The van der Waals surface area contributed by atoms with Crippen molar-refractivity contribution in [2.45, 2.75) is 25.7 Å². The molecule has 2 aromatic rings. The van der Waals surface area contributed by atoms with Gasteiger partial charge in [0.1, 0.15) is 5.75 Å². The Morgan fingerprint density at radius 3 is 2.64 bits per heavy atom. The summed E-state index contributed by atoms with van der Waals surface area (Å²) in [7, 11) is 0. The number of nitrogens with two attached hydrogens (primary N) is 1. The van der Waals surface area contributed by atoms with Crippen molar-refractivity contribution in [2.24, 2.45) is 5.73 Å². The molecule has 3 rings (SSSR count). The van der Waals surface area contributed by atoms with Crippen LogP contribution < -0.4 is 10.5 Å². The van der Waals surface area contributed by atoms with E-state index in [-0.39, 0.29) is 0 Å². The van der Waals surface area contributed by atoms with Crippen molar-refractivity contribution in [3.63, 3.8) is 0 Å². The number of hydrogen-bond donors (Lipinski definition) is 1. The minimum absolute atomic E-state index is 0.447. The second-order valence-corrected chi connectivity index (χ2v) is 8.77. The second kappa shape index (κ2) is 14.9. The number of allylic oxidation sites excluding steroid dienone is 8. The van der Waals surface area contributed by atoms with Gasteiger partial charge in [0.2, 0.25) is 5.91 Å². The smallest absolute Gasteiger partial charge is 0.249 e. The molecule has 1 fully saturated rings. The molecule has 2 N–H and O–H groups in total. The third-order valence-electron chi connectivity index (χ3n) is 6.14. The highest BCUT2D eigenvalue weighted by molar-refractivity contribution is 6.07. The van der Waals surface area contributed by atoms with E-state index in [1.54, 1.807) is 6.07 Å². The van der Waals surface area contributed by atoms with Crippen molar-refractivity contribution in [1.29, 1.82) is 0 Å². The maximum Gasteiger partial charge on any atom is 0.249 e. The van der Waals surface area contributed by atoms with Gasteiger partial charge >= 0.3 is 0 Å². The molecule has 0 radical (unpaired) electrons.